The Morgan fingerprint density at radius 3 is 2.77 bits per heavy atom. The van der Waals surface area contributed by atoms with Crippen LogP contribution in [0.25, 0.3) is 5.57 Å². The number of hydrogen-bond acceptors (Lipinski definition) is 12. The molecule has 0 bridgehead atoms. The number of anilines is 1. The van der Waals surface area contributed by atoms with Crippen LogP contribution in [0.2, 0.25) is 0 Å². The number of thiazole rings is 1. The van der Waals surface area contributed by atoms with Gasteiger partial charge in [0.15, 0.2) is 10.8 Å². The summed E-state index contributed by atoms with van der Waals surface area (Å²) in [7, 11) is 1.27. The lowest BCUT2D eigenvalue weighted by Gasteiger charge is -2.49. The monoisotopic (exact) mass is 481 g/mol. The second-order valence-corrected chi connectivity index (χ2v) is 9.49. The maximum absolute atomic E-state index is 12.8. The molecule has 4 heterocycles. The van der Waals surface area contributed by atoms with Crippen LogP contribution in [-0.2, 0) is 19.2 Å². The van der Waals surface area contributed by atoms with Crippen molar-refractivity contribution < 1.29 is 24.3 Å². The van der Waals surface area contributed by atoms with Gasteiger partial charge in [-0.1, -0.05) is 16.5 Å². The van der Waals surface area contributed by atoms with Crippen molar-refractivity contribution in [2.75, 3.05) is 18.6 Å². The topological polar surface area (TPSA) is 173 Å². The van der Waals surface area contributed by atoms with Crippen LogP contribution < -0.4 is 11.1 Å². The van der Waals surface area contributed by atoms with Gasteiger partial charge in [-0.05, 0) is 6.92 Å². The minimum Gasteiger partial charge on any atom is -0.477 e. The lowest BCUT2D eigenvalue weighted by atomic mass is 10.0. The normalized spacial score (nSPS) is 20.9. The van der Waals surface area contributed by atoms with Crippen LogP contribution in [0.15, 0.2) is 16.2 Å². The van der Waals surface area contributed by atoms with Gasteiger partial charge < -0.3 is 21.0 Å². The van der Waals surface area contributed by atoms with E-state index in [1.54, 1.807) is 12.3 Å². The van der Waals surface area contributed by atoms with Crippen molar-refractivity contribution in [2.45, 2.75) is 18.3 Å². The highest BCUT2D eigenvalue weighted by molar-refractivity contribution is 8.00. The van der Waals surface area contributed by atoms with E-state index in [4.69, 9.17) is 10.6 Å². The third-order valence-electron chi connectivity index (χ3n) is 4.40. The Morgan fingerprint density at radius 1 is 1.42 bits per heavy atom. The van der Waals surface area contributed by atoms with Crippen LogP contribution in [0.4, 0.5) is 5.13 Å². The average Bonchev–Trinajstić information content (AvgIpc) is 3.36. The minimum absolute atomic E-state index is 0.137. The fraction of sp³-hybridized carbons (Fsp3) is 0.312. The lowest BCUT2D eigenvalue weighted by Crippen LogP contribution is -2.71. The summed E-state index contributed by atoms with van der Waals surface area (Å²) in [5.41, 5.74) is 5.97. The first-order chi connectivity index (χ1) is 14.8. The number of carbonyl (C=O) groups excluding carboxylic acids is 2. The van der Waals surface area contributed by atoms with Gasteiger partial charge in [-0.2, -0.15) is 0 Å². The molecule has 31 heavy (non-hydrogen) atoms. The Balaban J connectivity index is 1.57. The molecule has 2 aromatic heterocycles. The van der Waals surface area contributed by atoms with Gasteiger partial charge in [0.25, 0.3) is 11.8 Å². The molecule has 2 atom stereocenters. The number of carboxylic acids is 1. The van der Waals surface area contributed by atoms with Gasteiger partial charge in [0.1, 0.15) is 39.9 Å². The molecule has 1 saturated heterocycles. The number of oxime groups is 1. The standard InChI is InChI=1S/C16H15N7O5S3/c1-5-20-21-12(31-5)6-3-29-14-9(13(25)23(14)10(6)15(26)27)19-11(24)8(22-28-2)7-4-30-16(17)18-7/h4,9,14H,3H2,1-2H3,(H2,17,18)(H,19,24)(H,26,27)/b22-8-/t9?,14-/m1/s1. The van der Waals surface area contributed by atoms with Crippen LogP contribution in [0.1, 0.15) is 15.7 Å². The molecule has 2 amide bonds. The number of fused-ring (bicyclic) bond motifs is 1. The molecule has 0 spiro atoms. The highest BCUT2D eigenvalue weighted by Gasteiger charge is 2.55. The van der Waals surface area contributed by atoms with Gasteiger partial charge in [0.05, 0.1) is 0 Å². The molecule has 0 aromatic carbocycles. The van der Waals surface area contributed by atoms with Gasteiger partial charge in [0, 0.05) is 16.7 Å². The number of thioether (sulfide) groups is 1. The van der Waals surface area contributed by atoms with Gasteiger partial charge in [-0.25, -0.2) is 9.78 Å². The summed E-state index contributed by atoms with van der Waals surface area (Å²) >= 11 is 3.71. The van der Waals surface area contributed by atoms with Crippen molar-refractivity contribution in [1.82, 2.24) is 25.4 Å². The van der Waals surface area contributed by atoms with E-state index in [1.807, 2.05) is 0 Å². The zero-order valence-electron chi connectivity index (χ0n) is 16.1. The number of hydrogen-bond donors (Lipinski definition) is 3. The highest BCUT2D eigenvalue weighted by atomic mass is 32.2. The molecule has 2 aliphatic heterocycles. The van der Waals surface area contributed by atoms with Crippen molar-refractivity contribution in [2.24, 2.45) is 5.16 Å². The molecule has 1 fully saturated rings. The minimum atomic E-state index is -1.24. The number of β-lactam (4-membered cyclic amide) rings is 1. The van der Waals surface area contributed by atoms with E-state index in [-0.39, 0.29) is 22.2 Å². The maximum atomic E-state index is 12.8. The number of aromatic nitrogens is 3. The summed E-state index contributed by atoms with van der Waals surface area (Å²) in [6, 6.07) is -0.928. The fourth-order valence-electron chi connectivity index (χ4n) is 3.10. The number of carbonyl (C=O) groups is 3. The Bertz CT molecular complexity index is 1140. The number of aryl methyl sites for hydroxylation is 1. The summed E-state index contributed by atoms with van der Waals surface area (Å²) in [4.78, 5) is 47.4. The van der Waals surface area contributed by atoms with E-state index in [0.29, 0.717) is 21.3 Å². The molecule has 2 aliphatic rings. The van der Waals surface area contributed by atoms with Crippen molar-refractivity contribution in [3.63, 3.8) is 0 Å². The molecule has 2 aromatic rings. The molecule has 0 saturated carbocycles. The molecule has 1 unspecified atom stereocenters. The second-order valence-electron chi connectivity index (χ2n) is 6.31. The van der Waals surface area contributed by atoms with Crippen molar-refractivity contribution >= 4 is 68.6 Å². The molecule has 15 heteroatoms. The SMILES string of the molecule is CO/N=C(\C(=O)NC1C(=O)N2C(C(=O)O)=C(c3nnc(C)s3)CS[C@H]12)c1csc(N)n1. The number of nitrogen functional groups attached to an aromatic ring is 1. The van der Waals surface area contributed by atoms with Gasteiger partial charge in [0.2, 0.25) is 0 Å². The number of amides is 2. The largest absolute Gasteiger partial charge is 0.477 e. The predicted octanol–water partition coefficient (Wildman–Crippen LogP) is 0.132. The number of carboxylic acid groups (broad SMARTS) is 1. The number of aliphatic carboxylic acids is 1. The summed E-state index contributed by atoms with van der Waals surface area (Å²) in [5, 5.41) is 26.3. The lowest BCUT2D eigenvalue weighted by molar-refractivity contribution is -0.149. The molecule has 4 rings (SSSR count). The fourth-order valence-corrected chi connectivity index (χ4v) is 5.82. The summed E-state index contributed by atoms with van der Waals surface area (Å²) < 4.78 is 0. The molecule has 162 valence electrons. The highest BCUT2D eigenvalue weighted by Crippen LogP contribution is 2.43. The first kappa shape index (κ1) is 21.2. The van der Waals surface area contributed by atoms with Crippen LogP contribution in [0.3, 0.4) is 0 Å². The Labute approximate surface area is 187 Å². The quantitative estimate of drug-likeness (QED) is 0.292. The van der Waals surface area contributed by atoms with E-state index in [9.17, 15) is 19.5 Å². The zero-order chi connectivity index (χ0) is 22.3. The summed E-state index contributed by atoms with van der Waals surface area (Å²) in [6.07, 6.45) is 0. The number of nitrogens with two attached hydrogens (primary N) is 1. The van der Waals surface area contributed by atoms with Crippen LogP contribution >= 0.6 is 34.4 Å². The van der Waals surface area contributed by atoms with E-state index in [1.165, 1.54) is 35.1 Å². The van der Waals surface area contributed by atoms with Gasteiger partial charge in [-0.3, -0.25) is 14.5 Å². The first-order valence-electron chi connectivity index (χ1n) is 8.66. The van der Waals surface area contributed by atoms with E-state index in [2.05, 4.69) is 25.7 Å². The Kier molecular flexibility index (Phi) is 5.63. The zero-order valence-corrected chi connectivity index (χ0v) is 18.5. The maximum Gasteiger partial charge on any atom is 0.353 e. The molecule has 0 radical (unpaired) electrons. The van der Waals surface area contributed by atoms with E-state index >= 15 is 0 Å². The second kappa shape index (κ2) is 8.24. The molecular weight excluding hydrogens is 466 g/mol. The first-order valence-corrected chi connectivity index (χ1v) is 11.4. The van der Waals surface area contributed by atoms with Gasteiger partial charge >= 0.3 is 5.97 Å². The van der Waals surface area contributed by atoms with Crippen LogP contribution in [0, 0.1) is 6.92 Å². The predicted molar refractivity (Wildman–Crippen MR) is 114 cm³/mol. The number of nitrogens with one attached hydrogen (secondary N) is 1. The van der Waals surface area contributed by atoms with Crippen LogP contribution in [0.5, 0.6) is 0 Å². The van der Waals surface area contributed by atoms with Crippen molar-refractivity contribution in [3.05, 3.63) is 26.8 Å². The Morgan fingerprint density at radius 2 is 2.19 bits per heavy atom. The van der Waals surface area contributed by atoms with Crippen LogP contribution in [-0.4, -0.2) is 73.0 Å². The molecule has 4 N–H and O–H groups in total. The number of nitrogens with zero attached hydrogens (tertiary/aromatic N) is 5. The van der Waals surface area contributed by atoms with E-state index < -0.39 is 29.2 Å². The smallest absolute Gasteiger partial charge is 0.353 e. The molecule has 0 aliphatic carbocycles. The van der Waals surface area contributed by atoms with Crippen molar-refractivity contribution in [1.29, 1.82) is 0 Å². The third kappa shape index (κ3) is 3.75. The third-order valence-corrected chi connectivity index (χ3v) is 7.26. The van der Waals surface area contributed by atoms with Gasteiger partial charge in [-0.15, -0.1) is 33.3 Å². The van der Waals surface area contributed by atoms with Crippen molar-refractivity contribution in [3.8, 4) is 0 Å². The molecule has 12 nitrogen and oxygen atoms in total. The number of rotatable bonds is 6. The summed E-state index contributed by atoms with van der Waals surface area (Å²) in [5.74, 6) is -2.17. The molecular formula is C16H15N7O5S3. The van der Waals surface area contributed by atoms with E-state index in [0.717, 1.165) is 11.3 Å². The Hall–Kier alpha value is -3.04. The summed E-state index contributed by atoms with van der Waals surface area (Å²) in [6.45, 7) is 1.76. The average molecular weight is 482 g/mol.